The number of carboxylic acid groups (broad SMARTS) is 1. The molecule has 5 heteroatoms. The molecule has 0 aromatic heterocycles. The van der Waals surface area contributed by atoms with Crippen molar-refractivity contribution in [3.63, 3.8) is 0 Å². The van der Waals surface area contributed by atoms with Crippen LogP contribution in [0.4, 0.5) is 0 Å². The third kappa shape index (κ3) is 1.95. The van der Waals surface area contributed by atoms with Gasteiger partial charge < -0.3 is 5.11 Å². The van der Waals surface area contributed by atoms with E-state index < -0.39 is 5.97 Å². The molecule has 1 aliphatic rings. The minimum Gasteiger partial charge on any atom is -0.478 e. The van der Waals surface area contributed by atoms with Crippen molar-refractivity contribution in [1.82, 2.24) is 5.01 Å². The quantitative estimate of drug-likeness (QED) is 0.907. The van der Waals surface area contributed by atoms with E-state index in [2.05, 4.69) is 21.0 Å². The summed E-state index contributed by atoms with van der Waals surface area (Å²) in [4.78, 5) is 10.8. The number of benzene rings is 1. The molecule has 84 valence electrons. The highest BCUT2D eigenvalue weighted by molar-refractivity contribution is 9.10. The molecule has 0 amide bonds. The van der Waals surface area contributed by atoms with Gasteiger partial charge in [0.2, 0.25) is 0 Å². The molecule has 1 atom stereocenters. The molecule has 0 radical (unpaired) electrons. The minimum absolute atomic E-state index is 0.192. The molecule has 0 fully saturated rings. The molecule has 16 heavy (non-hydrogen) atoms. The highest BCUT2D eigenvalue weighted by atomic mass is 79.9. The number of rotatable bonds is 2. The van der Waals surface area contributed by atoms with Crippen LogP contribution in [0.1, 0.15) is 28.4 Å². The molecular weight excluding hydrogens is 272 g/mol. The fourth-order valence-corrected chi connectivity index (χ4v) is 2.41. The lowest BCUT2D eigenvalue weighted by Crippen LogP contribution is -2.14. The predicted octanol–water partition coefficient (Wildman–Crippen LogP) is 2.51. The number of nitrogens with zero attached hydrogens (tertiary/aromatic N) is 2. The first-order valence-electron chi connectivity index (χ1n) is 4.87. The van der Waals surface area contributed by atoms with E-state index in [0.717, 1.165) is 16.5 Å². The molecule has 1 unspecified atom stereocenters. The monoisotopic (exact) mass is 282 g/mol. The Hall–Kier alpha value is -1.36. The second-order valence-electron chi connectivity index (χ2n) is 3.66. The Bertz CT molecular complexity index is 459. The van der Waals surface area contributed by atoms with Gasteiger partial charge in [-0.2, -0.15) is 5.10 Å². The van der Waals surface area contributed by atoms with Gasteiger partial charge in [-0.25, -0.2) is 4.79 Å². The summed E-state index contributed by atoms with van der Waals surface area (Å²) < 4.78 is 0.815. The van der Waals surface area contributed by atoms with Crippen LogP contribution in [-0.4, -0.2) is 29.3 Å². The third-order valence-electron chi connectivity index (χ3n) is 2.65. The van der Waals surface area contributed by atoms with Gasteiger partial charge >= 0.3 is 5.97 Å². The van der Waals surface area contributed by atoms with Gasteiger partial charge in [0.15, 0.2) is 0 Å². The zero-order valence-electron chi connectivity index (χ0n) is 8.72. The first kappa shape index (κ1) is 11.1. The van der Waals surface area contributed by atoms with Crippen LogP contribution in [0.15, 0.2) is 27.8 Å². The number of hydrogen-bond acceptors (Lipinski definition) is 3. The van der Waals surface area contributed by atoms with Gasteiger partial charge in [0.1, 0.15) is 0 Å². The SMILES string of the molecule is CN1N=CCC1c1ccc(C(=O)O)cc1Br. The zero-order chi connectivity index (χ0) is 11.7. The minimum atomic E-state index is -0.914. The summed E-state index contributed by atoms with van der Waals surface area (Å²) in [7, 11) is 1.91. The molecule has 0 bridgehead atoms. The van der Waals surface area contributed by atoms with Gasteiger partial charge in [-0.3, -0.25) is 5.01 Å². The maximum Gasteiger partial charge on any atom is 0.335 e. The third-order valence-corrected chi connectivity index (χ3v) is 3.34. The fraction of sp³-hybridized carbons (Fsp3) is 0.273. The second-order valence-corrected chi connectivity index (χ2v) is 4.52. The van der Waals surface area contributed by atoms with Gasteiger partial charge in [0.05, 0.1) is 11.6 Å². The molecule has 4 nitrogen and oxygen atoms in total. The Labute approximate surface area is 102 Å². The summed E-state index contributed by atoms with van der Waals surface area (Å²) >= 11 is 3.41. The Morgan fingerprint density at radius 3 is 2.88 bits per heavy atom. The van der Waals surface area contributed by atoms with Crippen LogP contribution >= 0.6 is 15.9 Å². The van der Waals surface area contributed by atoms with Crippen LogP contribution in [0, 0.1) is 0 Å². The van der Waals surface area contributed by atoms with Crippen molar-refractivity contribution in [3.05, 3.63) is 33.8 Å². The van der Waals surface area contributed by atoms with E-state index in [4.69, 9.17) is 5.11 Å². The van der Waals surface area contributed by atoms with Gasteiger partial charge in [-0.15, -0.1) is 0 Å². The lowest BCUT2D eigenvalue weighted by atomic mass is 10.0. The van der Waals surface area contributed by atoms with Gasteiger partial charge in [0, 0.05) is 24.2 Å². The van der Waals surface area contributed by atoms with E-state index in [1.54, 1.807) is 12.1 Å². The van der Waals surface area contributed by atoms with Gasteiger partial charge in [-0.1, -0.05) is 22.0 Å². The number of carboxylic acids is 1. The van der Waals surface area contributed by atoms with Crippen LogP contribution in [0.2, 0.25) is 0 Å². The standard InChI is InChI=1S/C11H11BrN2O2/c1-14-10(4-5-13-14)8-3-2-7(11(15)16)6-9(8)12/h2-3,5-6,10H,4H2,1H3,(H,15,16). The summed E-state index contributed by atoms with van der Waals surface area (Å²) in [5.74, 6) is -0.914. The topological polar surface area (TPSA) is 52.9 Å². The molecule has 0 saturated carbocycles. The van der Waals surface area contributed by atoms with Gasteiger partial charge in [-0.05, 0) is 17.7 Å². The van der Waals surface area contributed by atoms with Crippen LogP contribution in [0.5, 0.6) is 0 Å². The maximum absolute atomic E-state index is 10.8. The van der Waals surface area contributed by atoms with E-state index in [9.17, 15) is 4.79 Å². The highest BCUT2D eigenvalue weighted by Gasteiger charge is 2.21. The van der Waals surface area contributed by atoms with Crippen molar-refractivity contribution < 1.29 is 9.90 Å². The summed E-state index contributed by atoms with van der Waals surface area (Å²) in [5.41, 5.74) is 1.35. The predicted molar refractivity (Wildman–Crippen MR) is 64.7 cm³/mol. The molecule has 1 aromatic rings. The van der Waals surface area contributed by atoms with E-state index in [0.29, 0.717) is 0 Å². The smallest absolute Gasteiger partial charge is 0.335 e. The highest BCUT2D eigenvalue weighted by Crippen LogP contribution is 2.32. The van der Waals surface area contributed by atoms with Crippen molar-refractivity contribution in [2.45, 2.75) is 12.5 Å². The number of carbonyl (C=O) groups is 1. The molecule has 1 aromatic carbocycles. The molecule has 1 aliphatic heterocycles. The molecule has 0 saturated heterocycles. The fourth-order valence-electron chi connectivity index (χ4n) is 1.77. The Morgan fingerprint density at radius 2 is 2.38 bits per heavy atom. The number of halogens is 1. The molecule has 1 heterocycles. The van der Waals surface area contributed by atoms with Crippen LogP contribution in [-0.2, 0) is 0 Å². The average Bonchev–Trinajstić information content (AvgIpc) is 2.64. The van der Waals surface area contributed by atoms with Crippen LogP contribution in [0.3, 0.4) is 0 Å². The normalized spacial score (nSPS) is 19.1. The van der Waals surface area contributed by atoms with Crippen molar-refractivity contribution in [1.29, 1.82) is 0 Å². The zero-order valence-corrected chi connectivity index (χ0v) is 10.3. The van der Waals surface area contributed by atoms with Crippen molar-refractivity contribution in [2.75, 3.05) is 7.05 Å². The van der Waals surface area contributed by atoms with E-state index >= 15 is 0 Å². The Morgan fingerprint density at radius 1 is 1.62 bits per heavy atom. The lowest BCUT2D eigenvalue weighted by molar-refractivity contribution is 0.0697. The summed E-state index contributed by atoms with van der Waals surface area (Å²) in [6.07, 6.45) is 2.71. The van der Waals surface area contributed by atoms with Crippen molar-refractivity contribution >= 4 is 28.1 Å². The van der Waals surface area contributed by atoms with Crippen LogP contribution in [0.25, 0.3) is 0 Å². The molecule has 1 N–H and O–H groups in total. The van der Waals surface area contributed by atoms with E-state index in [1.807, 2.05) is 24.3 Å². The van der Waals surface area contributed by atoms with Crippen molar-refractivity contribution in [3.8, 4) is 0 Å². The average molecular weight is 283 g/mol. The first-order chi connectivity index (χ1) is 7.59. The van der Waals surface area contributed by atoms with Crippen LogP contribution < -0.4 is 0 Å². The summed E-state index contributed by atoms with van der Waals surface area (Å²) in [5, 5.41) is 14.9. The number of hydrazone groups is 1. The lowest BCUT2D eigenvalue weighted by Gasteiger charge is -2.20. The molecule has 0 aliphatic carbocycles. The first-order valence-corrected chi connectivity index (χ1v) is 5.67. The maximum atomic E-state index is 10.8. The summed E-state index contributed by atoms with van der Waals surface area (Å²) in [6.45, 7) is 0. The van der Waals surface area contributed by atoms with E-state index in [1.165, 1.54) is 0 Å². The second kappa shape index (κ2) is 4.25. The largest absolute Gasteiger partial charge is 0.478 e. The number of aromatic carboxylic acids is 1. The molecular formula is C11H11BrN2O2. The van der Waals surface area contributed by atoms with Crippen molar-refractivity contribution in [2.24, 2.45) is 5.10 Å². The molecule has 2 rings (SSSR count). The summed E-state index contributed by atoms with van der Waals surface area (Å²) in [6, 6.07) is 5.28. The Balaban J connectivity index is 2.33. The van der Waals surface area contributed by atoms with Gasteiger partial charge in [0.25, 0.3) is 0 Å². The molecule has 0 spiro atoms. The number of hydrogen-bond donors (Lipinski definition) is 1. The van der Waals surface area contributed by atoms with E-state index in [-0.39, 0.29) is 11.6 Å². The Kier molecular flexibility index (Phi) is 2.96.